The van der Waals surface area contributed by atoms with Crippen LogP contribution < -0.4 is 4.90 Å². The summed E-state index contributed by atoms with van der Waals surface area (Å²) in [6, 6.07) is 0. The number of quaternary nitrogens is 1. The Morgan fingerprint density at radius 2 is 2.10 bits per heavy atom. The number of aliphatic hydroxyl groups excluding tert-OH is 1. The summed E-state index contributed by atoms with van der Waals surface area (Å²) in [7, 11) is 1.34. The molecule has 1 unspecified atom stereocenters. The maximum Gasteiger partial charge on any atom is 0.331 e. The topological polar surface area (TPSA) is 120 Å². The molecule has 1 fully saturated rings. The van der Waals surface area contributed by atoms with Gasteiger partial charge in [0.25, 0.3) is 5.54 Å². The highest BCUT2D eigenvalue weighted by atomic mass is 16.6. The van der Waals surface area contributed by atoms with E-state index in [2.05, 4.69) is 0 Å². The molecule has 1 heterocycles. The molecule has 2 N–H and O–H groups in total. The van der Waals surface area contributed by atoms with E-state index < -0.39 is 20.9 Å². The molecule has 9 heteroatoms. The van der Waals surface area contributed by atoms with E-state index in [1.54, 1.807) is 0 Å². The Labute approximate surface area is 115 Å². The lowest BCUT2D eigenvalue weighted by Gasteiger charge is -2.42. The number of hydrogen-bond donors (Lipinski definition) is 2. The number of piperidine rings is 1. The third-order valence-corrected chi connectivity index (χ3v) is 4.29. The Hall–Kier alpha value is -1.74. The van der Waals surface area contributed by atoms with Gasteiger partial charge in [-0.3, -0.25) is 20.2 Å². The summed E-state index contributed by atoms with van der Waals surface area (Å²) in [5.41, 5.74) is -2.92. The van der Waals surface area contributed by atoms with Gasteiger partial charge < -0.3 is 14.7 Å². The number of nitrogens with zero attached hydrogens (tertiary/aromatic N) is 2. The molecule has 0 radical (unpaired) electrons. The Morgan fingerprint density at radius 1 is 1.40 bits per heavy atom. The van der Waals surface area contributed by atoms with Crippen molar-refractivity contribution in [3.63, 3.8) is 0 Å². The number of nitro groups is 2. The first kappa shape index (κ1) is 14.7. The molecule has 2 rings (SSSR count). The van der Waals surface area contributed by atoms with Crippen molar-refractivity contribution in [1.82, 2.24) is 0 Å². The number of aliphatic hydroxyl groups is 1. The molecule has 9 nitrogen and oxygen atoms in total. The van der Waals surface area contributed by atoms with Crippen LogP contribution in [0, 0.1) is 20.2 Å². The van der Waals surface area contributed by atoms with E-state index in [0.29, 0.717) is 4.90 Å². The molecule has 1 saturated heterocycles. The summed E-state index contributed by atoms with van der Waals surface area (Å²) in [6.07, 6.45) is 1.44. The Kier molecular flexibility index (Phi) is 3.65. The van der Waals surface area contributed by atoms with E-state index >= 15 is 0 Å². The van der Waals surface area contributed by atoms with Crippen LogP contribution in [0.1, 0.15) is 12.8 Å². The van der Waals surface area contributed by atoms with Crippen LogP contribution in [-0.4, -0.2) is 59.4 Å². The number of likely N-dealkylation sites (tertiary alicyclic amines) is 1. The Bertz CT molecular complexity index is 467. The van der Waals surface area contributed by atoms with Crippen LogP contribution >= 0.6 is 0 Å². The molecule has 0 aromatic carbocycles. The molecule has 0 aromatic rings. The summed E-state index contributed by atoms with van der Waals surface area (Å²) in [5.74, 6) is 0.190. The molecule has 0 amide bonds. The molecule has 0 spiro atoms. The number of fused-ring (bicyclic) bond motifs is 2. The number of methoxy groups -OCH3 is 1. The number of hydrogen-bond acceptors (Lipinski definition) is 6. The van der Waals surface area contributed by atoms with Gasteiger partial charge in [0.1, 0.15) is 19.5 Å². The second-order valence-electron chi connectivity index (χ2n) is 5.50. The van der Waals surface area contributed by atoms with Crippen molar-refractivity contribution in [2.24, 2.45) is 0 Å². The van der Waals surface area contributed by atoms with Gasteiger partial charge in [-0.05, 0) is 6.08 Å². The van der Waals surface area contributed by atoms with Crippen LogP contribution in [0.15, 0.2) is 11.8 Å². The third kappa shape index (κ3) is 2.02. The maximum absolute atomic E-state index is 11.6. The van der Waals surface area contributed by atoms with Crippen LogP contribution in [-0.2, 0) is 4.74 Å². The molecular weight excluding hydrogens is 270 g/mol. The van der Waals surface area contributed by atoms with Gasteiger partial charge in [0.15, 0.2) is 12.3 Å². The average Bonchev–Trinajstić information content (AvgIpc) is 2.38. The van der Waals surface area contributed by atoms with Gasteiger partial charge in [0, 0.05) is 16.3 Å². The minimum absolute atomic E-state index is 0.0931. The highest BCUT2D eigenvalue weighted by molar-refractivity contribution is 5.20. The lowest BCUT2D eigenvalue weighted by atomic mass is 9.71. The number of nitrogens with one attached hydrogen (secondary N) is 1. The molecule has 112 valence electrons. The average molecular weight is 288 g/mol. The van der Waals surface area contributed by atoms with Gasteiger partial charge in [-0.2, -0.15) is 0 Å². The predicted molar refractivity (Wildman–Crippen MR) is 66.4 cm³/mol. The minimum atomic E-state index is -1.57. The molecule has 3 atom stereocenters. The Balaban J connectivity index is 2.49. The minimum Gasteiger partial charge on any atom is -0.494 e. The molecular formula is C11H18N3O6+. The second kappa shape index (κ2) is 4.98. The van der Waals surface area contributed by atoms with E-state index in [1.165, 1.54) is 13.2 Å². The van der Waals surface area contributed by atoms with Crippen LogP contribution in [0.3, 0.4) is 0 Å². The lowest BCUT2D eigenvalue weighted by molar-refractivity contribution is -0.944. The summed E-state index contributed by atoms with van der Waals surface area (Å²) in [4.78, 5) is 22.8. The van der Waals surface area contributed by atoms with Crippen LogP contribution in [0.5, 0.6) is 0 Å². The van der Waals surface area contributed by atoms with Crippen molar-refractivity contribution in [2.45, 2.75) is 23.9 Å². The first-order valence-electron chi connectivity index (χ1n) is 6.38. The van der Waals surface area contributed by atoms with Crippen molar-refractivity contribution in [3.05, 3.63) is 32.1 Å². The molecule has 1 aliphatic heterocycles. The van der Waals surface area contributed by atoms with E-state index in [9.17, 15) is 20.2 Å². The first-order valence-corrected chi connectivity index (χ1v) is 6.38. The van der Waals surface area contributed by atoms with Crippen molar-refractivity contribution < 1.29 is 24.6 Å². The summed E-state index contributed by atoms with van der Waals surface area (Å²) >= 11 is 0. The molecule has 0 saturated carbocycles. The fraction of sp³-hybridized carbons (Fsp3) is 0.818. The summed E-state index contributed by atoms with van der Waals surface area (Å²) in [5, 5.41) is 32.0. The van der Waals surface area contributed by atoms with Crippen molar-refractivity contribution in [2.75, 3.05) is 33.4 Å². The zero-order valence-corrected chi connectivity index (χ0v) is 11.2. The van der Waals surface area contributed by atoms with Crippen molar-refractivity contribution in [1.29, 1.82) is 0 Å². The monoisotopic (exact) mass is 288 g/mol. The molecule has 0 aromatic heterocycles. The van der Waals surface area contributed by atoms with E-state index in [-0.39, 0.29) is 44.8 Å². The summed E-state index contributed by atoms with van der Waals surface area (Å²) < 4.78 is 5.11. The molecule has 2 aliphatic rings. The highest BCUT2D eigenvalue weighted by Gasteiger charge is 2.69. The Morgan fingerprint density at radius 3 is 2.60 bits per heavy atom. The normalized spacial score (nSPS) is 36.1. The highest BCUT2D eigenvalue weighted by Crippen LogP contribution is 2.40. The maximum atomic E-state index is 11.6. The standard InChI is InChI=1S/C11H17N3O6/c1-20-9-2-3-10(13(16)17)6-11(9,14(18)19)8-12(7-10)4-5-15/h2,15H,3-8H2,1H3/p+1/t10-,11-/m1/s1. The first-order chi connectivity index (χ1) is 9.40. The number of ether oxygens (including phenoxy) is 1. The van der Waals surface area contributed by atoms with Gasteiger partial charge in [-0.1, -0.05) is 0 Å². The van der Waals surface area contributed by atoms with E-state index in [1.807, 2.05) is 0 Å². The fourth-order valence-corrected chi connectivity index (χ4v) is 3.43. The fourth-order valence-electron chi connectivity index (χ4n) is 3.43. The van der Waals surface area contributed by atoms with Gasteiger partial charge >= 0.3 is 5.54 Å². The smallest absolute Gasteiger partial charge is 0.331 e. The SMILES string of the molecule is COC1=CC[C@]2([N+](=O)[O-])C[NH+](CCO)C[C@]1([N+](=O)[O-])C2. The van der Waals surface area contributed by atoms with Gasteiger partial charge in [-0.15, -0.1) is 0 Å². The third-order valence-electron chi connectivity index (χ3n) is 4.29. The van der Waals surface area contributed by atoms with Crippen LogP contribution in [0.4, 0.5) is 0 Å². The molecule has 2 bridgehead atoms. The zero-order valence-electron chi connectivity index (χ0n) is 11.2. The number of rotatable bonds is 5. The van der Waals surface area contributed by atoms with Crippen LogP contribution in [0.25, 0.3) is 0 Å². The quantitative estimate of drug-likeness (QED) is 0.456. The summed E-state index contributed by atoms with van der Waals surface area (Å²) in [6.45, 7) is 0.366. The van der Waals surface area contributed by atoms with E-state index in [0.717, 1.165) is 0 Å². The zero-order chi connectivity index (χ0) is 15.0. The molecule has 20 heavy (non-hydrogen) atoms. The molecule has 1 aliphatic carbocycles. The largest absolute Gasteiger partial charge is 0.494 e. The van der Waals surface area contributed by atoms with Crippen molar-refractivity contribution in [3.8, 4) is 0 Å². The van der Waals surface area contributed by atoms with Gasteiger partial charge in [-0.25, -0.2) is 0 Å². The lowest BCUT2D eigenvalue weighted by Crippen LogP contribution is -3.18. The predicted octanol–water partition coefficient (Wildman–Crippen LogP) is -1.77. The second-order valence-corrected chi connectivity index (χ2v) is 5.50. The van der Waals surface area contributed by atoms with Gasteiger partial charge in [0.2, 0.25) is 0 Å². The van der Waals surface area contributed by atoms with Gasteiger partial charge in [0.05, 0.1) is 13.7 Å². The van der Waals surface area contributed by atoms with Crippen molar-refractivity contribution >= 4 is 0 Å². The van der Waals surface area contributed by atoms with Crippen LogP contribution in [0.2, 0.25) is 0 Å². The van der Waals surface area contributed by atoms with E-state index in [4.69, 9.17) is 9.84 Å².